The zero-order chi connectivity index (χ0) is 5.11. The van der Waals surface area contributed by atoms with Crippen LogP contribution in [-0.2, 0) is 0 Å². The van der Waals surface area contributed by atoms with Crippen molar-refractivity contribution in [2.45, 2.75) is 12.8 Å². The summed E-state index contributed by atoms with van der Waals surface area (Å²) in [7, 11) is 0. The van der Waals surface area contributed by atoms with Gasteiger partial charge in [-0.2, -0.15) is 5.12 Å². The summed E-state index contributed by atoms with van der Waals surface area (Å²) in [5.41, 5.74) is 2.99. The van der Waals surface area contributed by atoms with Crippen molar-refractivity contribution in [3.8, 4) is 0 Å². The molecule has 0 radical (unpaired) electrons. The summed E-state index contributed by atoms with van der Waals surface area (Å²) >= 11 is 0. The Bertz CT molecular complexity index is 48.9. The molecule has 0 aromatic rings. The zero-order valence-electron chi connectivity index (χ0n) is 4.35. The molecule has 0 bridgehead atoms. The van der Waals surface area contributed by atoms with Gasteiger partial charge in [-0.05, 0) is 12.8 Å². The summed E-state index contributed by atoms with van der Waals surface area (Å²) in [4.78, 5) is 0. The van der Waals surface area contributed by atoms with Crippen LogP contribution in [0.5, 0.6) is 0 Å². The van der Waals surface area contributed by atoms with Crippen LogP contribution in [0.2, 0.25) is 0 Å². The minimum Gasteiger partial charge on any atom is -0.255 e. The quantitative estimate of drug-likeness (QED) is 0.403. The van der Waals surface area contributed by atoms with Gasteiger partial charge in [0.1, 0.15) is 0 Å². The summed E-state index contributed by atoms with van der Waals surface area (Å²) in [6.45, 7) is 2.02. The van der Waals surface area contributed by atoms with Crippen molar-refractivity contribution in [2.75, 3.05) is 13.1 Å². The average molecular weight is 101 g/mol. The second kappa shape index (κ2) is 2.26. The standard InChI is InChI=1S/C4H11N3/c5-7-4-2-1-3-6-7/h6H,1-5H2. The van der Waals surface area contributed by atoms with Crippen molar-refractivity contribution in [1.82, 2.24) is 10.5 Å². The van der Waals surface area contributed by atoms with E-state index < -0.39 is 0 Å². The molecule has 0 atom stereocenters. The number of nitrogens with two attached hydrogens (primary N) is 1. The molecule has 1 fully saturated rings. The molecular weight excluding hydrogens is 90.1 g/mol. The molecular formula is C4H11N3. The maximum atomic E-state index is 5.36. The molecule has 0 amide bonds. The normalized spacial score (nSPS) is 25.3. The highest BCUT2D eigenvalue weighted by Crippen LogP contribution is 1.92. The van der Waals surface area contributed by atoms with Crippen molar-refractivity contribution in [2.24, 2.45) is 5.84 Å². The van der Waals surface area contributed by atoms with Crippen LogP contribution >= 0.6 is 0 Å². The first kappa shape index (κ1) is 5.03. The summed E-state index contributed by atoms with van der Waals surface area (Å²) in [6.07, 6.45) is 2.48. The van der Waals surface area contributed by atoms with Gasteiger partial charge >= 0.3 is 0 Å². The highest BCUT2D eigenvalue weighted by atomic mass is 15.7. The first-order valence-electron chi connectivity index (χ1n) is 2.65. The number of nitrogens with one attached hydrogen (secondary N) is 1. The fourth-order valence-corrected chi connectivity index (χ4v) is 0.709. The van der Waals surface area contributed by atoms with Gasteiger partial charge in [0.05, 0.1) is 0 Å². The van der Waals surface area contributed by atoms with Crippen molar-refractivity contribution in [3.63, 3.8) is 0 Å². The molecule has 1 heterocycles. The predicted octanol–water partition coefficient (Wildman–Crippen LogP) is -0.540. The van der Waals surface area contributed by atoms with Crippen LogP contribution in [0.4, 0.5) is 0 Å². The molecule has 1 aliphatic rings. The molecule has 0 aliphatic carbocycles. The van der Waals surface area contributed by atoms with Gasteiger partial charge in [-0.3, -0.25) is 5.84 Å². The second-order valence-electron chi connectivity index (χ2n) is 1.81. The molecule has 0 aromatic carbocycles. The summed E-state index contributed by atoms with van der Waals surface area (Å²) in [5, 5.41) is 1.64. The van der Waals surface area contributed by atoms with Crippen molar-refractivity contribution in [3.05, 3.63) is 0 Å². The lowest BCUT2D eigenvalue weighted by Gasteiger charge is -2.21. The Labute approximate surface area is 43.4 Å². The third-order valence-corrected chi connectivity index (χ3v) is 1.14. The Kier molecular flexibility index (Phi) is 1.62. The maximum Gasteiger partial charge on any atom is 0.0286 e. The van der Waals surface area contributed by atoms with Gasteiger partial charge in [-0.15, -0.1) is 0 Å². The molecule has 3 heteroatoms. The Morgan fingerprint density at radius 3 is 2.57 bits per heavy atom. The van der Waals surface area contributed by atoms with E-state index in [1.807, 2.05) is 0 Å². The van der Waals surface area contributed by atoms with E-state index in [-0.39, 0.29) is 0 Å². The molecule has 0 unspecified atom stereocenters. The number of hydrogen-bond donors (Lipinski definition) is 2. The van der Waals surface area contributed by atoms with E-state index in [0.717, 1.165) is 13.1 Å². The molecule has 7 heavy (non-hydrogen) atoms. The van der Waals surface area contributed by atoms with Crippen LogP contribution in [0.15, 0.2) is 0 Å². The molecule has 42 valence electrons. The average Bonchev–Trinajstić information content (AvgIpc) is 1.69. The predicted molar refractivity (Wildman–Crippen MR) is 28.1 cm³/mol. The highest BCUT2D eigenvalue weighted by Gasteiger charge is 2.01. The third kappa shape index (κ3) is 1.43. The first-order valence-corrected chi connectivity index (χ1v) is 2.65. The molecule has 3 N–H and O–H groups in total. The monoisotopic (exact) mass is 101 g/mol. The molecule has 1 saturated heterocycles. The van der Waals surface area contributed by atoms with E-state index in [9.17, 15) is 0 Å². The van der Waals surface area contributed by atoms with Gasteiger partial charge in [-0.1, -0.05) is 0 Å². The summed E-state index contributed by atoms with van der Waals surface area (Å²) in [5.74, 6) is 5.36. The number of hydrogen-bond acceptors (Lipinski definition) is 3. The van der Waals surface area contributed by atoms with Gasteiger partial charge in [-0.25, -0.2) is 5.43 Å². The number of rotatable bonds is 0. The van der Waals surface area contributed by atoms with Gasteiger partial charge in [0.25, 0.3) is 0 Å². The smallest absolute Gasteiger partial charge is 0.0286 e. The zero-order valence-corrected chi connectivity index (χ0v) is 4.35. The highest BCUT2D eigenvalue weighted by molar-refractivity contribution is 4.52. The Morgan fingerprint density at radius 1 is 1.43 bits per heavy atom. The molecule has 1 aliphatic heterocycles. The van der Waals surface area contributed by atoms with Gasteiger partial charge in [0.15, 0.2) is 0 Å². The minimum absolute atomic E-state index is 0.986. The van der Waals surface area contributed by atoms with Crippen LogP contribution < -0.4 is 11.3 Å². The Morgan fingerprint density at radius 2 is 2.29 bits per heavy atom. The fraction of sp³-hybridized carbons (Fsp3) is 1.00. The maximum absolute atomic E-state index is 5.36. The van der Waals surface area contributed by atoms with Crippen molar-refractivity contribution >= 4 is 0 Å². The van der Waals surface area contributed by atoms with Crippen LogP contribution in [0.3, 0.4) is 0 Å². The minimum atomic E-state index is 0.986. The lowest BCUT2D eigenvalue weighted by Crippen LogP contribution is -2.47. The SMILES string of the molecule is NN1CCCCN1. The largest absolute Gasteiger partial charge is 0.255 e. The number of hydrazine groups is 2. The first-order chi connectivity index (χ1) is 3.39. The lowest BCUT2D eigenvalue weighted by molar-refractivity contribution is 0.156. The number of nitrogens with zero attached hydrogens (tertiary/aromatic N) is 1. The Hall–Kier alpha value is -0.120. The van der Waals surface area contributed by atoms with Crippen LogP contribution in [0, 0.1) is 0 Å². The van der Waals surface area contributed by atoms with Crippen LogP contribution in [-0.4, -0.2) is 18.2 Å². The summed E-state index contributed by atoms with van der Waals surface area (Å²) < 4.78 is 0. The van der Waals surface area contributed by atoms with Crippen molar-refractivity contribution in [1.29, 1.82) is 0 Å². The lowest BCUT2D eigenvalue weighted by atomic mass is 10.3. The fourth-order valence-electron chi connectivity index (χ4n) is 0.709. The van der Waals surface area contributed by atoms with Crippen LogP contribution in [0.1, 0.15) is 12.8 Å². The van der Waals surface area contributed by atoms with Crippen molar-refractivity contribution < 1.29 is 0 Å². The third-order valence-electron chi connectivity index (χ3n) is 1.14. The topological polar surface area (TPSA) is 41.3 Å². The summed E-state index contributed by atoms with van der Waals surface area (Å²) in [6, 6.07) is 0. The Balaban J connectivity index is 2.12. The van der Waals surface area contributed by atoms with E-state index in [4.69, 9.17) is 5.84 Å². The van der Waals surface area contributed by atoms with E-state index in [1.165, 1.54) is 12.8 Å². The molecule has 0 spiro atoms. The molecule has 3 nitrogen and oxygen atoms in total. The second-order valence-corrected chi connectivity index (χ2v) is 1.81. The van der Waals surface area contributed by atoms with Gasteiger partial charge in [0, 0.05) is 13.1 Å². The van der Waals surface area contributed by atoms with Crippen LogP contribution in [0.25, 0.3) is 0 Å². The van der Waals surface area contributed by atoms with E-state index in [1.54, 1.807) is 5.12 Å². The molecule has 0 aromatic heterocycles. The van der Waals surface area contributed by atoms with Gasteiger partial charge in [0.2, 0.25) is 0 Å². The van der Waals surface area contributed by atoms with Gasteiger partial charge < -0.3 is 0 Å². The van der Waals surface area contributed by atoms with E-state index in [2.05, 4.69) is 5.43 Å². The van der Waals surface area contributed by atoms with E-state index in [0.29, 0.717) is 0 Å². The van der Waals surface area contributed by atoms with E-state index >= 15 is 0 Å². The molecule has 1 rings (SSSR count). The molecule has 0 saturated carbocycles.